The smallest absolute Gasteiger partial charge is 0.315 e. The summed E-state index contributed by atoms with van der Waals surface area (Å²) in [5.41, 5.74) is 0. The van der Waals surface area contributed by atoms with Crippen LogP contribution in [0.2, 0.25) is 0 Å². The highest BCUT2D eigenvalue weighted by atomic mass is 16.5. The van der Waals surface area contributed by atoms with Crippen molar-refractivity contribution >= 4 is 17.6 Å². The van der Waals surface area contributed by atoms with Crippen LogP contribution < -0.4 is 10.6 Å². The fourth-order valence-corrected chi connectivity index (χ4v) is 3.00. The Balaban J connectivity index is 1.49. The van der Waals surface area contributed by atoms with Gasteiger partial charge in [0.25, 0.3) is 0 Å². The van der Waals surface area contributed by atoms with Gasteiger partial charge in [0.1, 0.15) is 5.76 Å². The highest BCUT2D eigenvalue weighted by Crippen LogP contribution is 2.15. The molecule has 26 heavy (non-hydrogen) atoms. The minimum atomic E-state index is -0.431. The topological polar surface area (TPSA) is 126 Å². The van der Waals surface area contributed by atoms with Gasteiger partial charge in [-0.15, -0.1) is 0 Å². The number of likely N-dealkylation sites (N-methyl/N-ethyl adjacent to an activating group) is 1. The number of carbonyl (C=O) groups is 2. The van der Waals surface area contributed by atoms with E-state index in [9.17, 15) is 9.59 Å². The third kappa shape index (κ3) is 4.45. The maximum Gasteiger partial charge on any atom is 0.315 e. The third-order valence-corrected chi connectivity index (χ3v) is 4.28. The monoisotopic (exact) mass is 362 g/mol. The summed E-state index contributed by atoms with van der Waals surface area (Å²) < 4.78 is 9.81. The molecule has 2 aromatic rings. The van der Waals surface area contributed by atoms with Gasteiger partial charge in [0, 0.05) is 18.7 Å². The highest BCUT2D eigenvalue weighted by Gasteiger charge is 2.24. The summed E-state index contributed by atoms with van der Waals surface area (Å²) in [4.78, 5) is 30.4. The Hall–Kier alpha value is -2.75. The molecule has 0 radical (unpaired) electrons. The van der Waals surface area contributed by atoms with Crippen LogP contribution in [-0.2, 0) is 11.2 Å². The first-order valence-electron chi connectivity index (χ1n) is 8.63. The Morgan fingerprint density at radius 2 is 2.19 bits per heavy atom. The van der Waals surface area contributed by atoms with E-state index in [0.717, 1.165) is 25.9 Å². The van der Waals surface area contributed by atoms with Gasteiger partial charge in [-0.2, -0.15) is 4.98 Å². The number of aryl methyl sites for hydroxylation is 1. The van der Waals surface area contributed by atoms with Gasteiger partial charge in [-0.25, -0.2) is 0 Å². The summed E-state index contributed by atoms with van der Waals surface area (Å²) in [5.74, 6) is 0.0682. The van der Waals surface area contributed by atoms with Crippen molar-refractivity contribution in [2.45, 2.75) is 39.2 Å². The van der Waals surface area contributed by atoms with Crippen LogP contribution >= 0.6 is 0 Å². The minimum Gasteiger partial charge on any atom is -0.360 e. The van der Waals surface area contributed by atoms with Crippen molar-refractivity contribution in [2.75, 3.05) is 25.0 Å². The van der Waals surface area contributed by atoms with Gasteiger partial charge in [0.15, 0.2) is 11.6 Å². The second-order valence-corrected chi connectivity index (χ2v) is 6.20. The Morgan fingerprint density at radius 3 is 2.92 bits per heavy atom. The van der Waals surface area contributed by atoms with Crippen molar-refractivity contribution in [2.24, 2.45) is 0 Å². The molecule has 2 amide bonds. The molecule has 0 aromatic carbocycles. The maximum absolute atomic E-state index is 12.1. The molecule has 0 saturated carbocycles. The predicted octanol–water partition coefficient (Wildman–Crippen LogP) is 0.761. The van der Waals surface area contributed by atoms with Crippen molar-refractivity contribution in [3.63, 3.8) is 0 Å². The summed E-state index contributed by atoms with van der Waals surface area (Å²) in [6.45, 7) is 6.39. The van der Waals surface area contributed by atoms with Crippen LogP contribution in [0.4, 0.5) is 5.82 Å². The quantitative estimate of drug-likeness (QED) is 0.739. The first-order chi connectivity index (χ1) is 12.5. The summed E-state index contributed by atoms with van der Waals surface area (Å²) in [7, 11) is 0. The van der Waals surface area contributed by atoms with Crippen LogP contribution in [0.3, 0.4) is 0 Å². The SMILES string of the molecule is CCN1CCC[C@H]1CNC(=O)c1nc(CC(=O)Nc2cc(C)on2)no1. The van der Waals surface area contributed by atoms with E-state index in [4.69, 9.17) is 9.05 Å². The molecule has 3 heterocycles. The van der Waals surface area contributed by atoms with Crippen molar-refractivity contribution in [3.8, 4) is 0 Å². The van der Waals surface area contributed by atoms with Crippen LogP contribution in [0.25, 0.3) is 0 Å². The zero-order chi connectivity index (χ0) is 18.5. The molecule has 0 bridgehead atoms. The lowest BCUT2D eigenvalue weighted by Gasteiger charge is -2.22. The molecule has 1 saturated heterocycles. The minimum absolute atomic E-state index is 0.129. The second kappa shape index (κ2) is 8.09. The molecule has 1 fully saturated rings. The molecule has 0 spiro atoms. The summed E-state index contributed by atoms with van der Waals surface area (Å²) in [5, 5.41) is 12.7. The van der Waals surface area contributed by atoms with Crippen LogP contribution in [0.15, 0.2) is 15.1 Å². The molecule has 10 heteroatoms. The standard InChI is InChI=1S/C16H22N6O4/c1-3-22-6-4-5-11(22)9-17-15(24)16-19-13(21-26-16)8-14(23)18-12-7-10(2)25-20-12/h7,11H,3-6,8-9H2,1-2H3,(H,17,24)(H,18,20,23)/t11-/m0/s1. The number of hydrogen-bond acceptors (Lipinski definition) is 8. The Morgan fingerprint density at radius 1 is 1.35 bits per heavy atom. The number of hydrogen-bond donors (Lipinski definition) is 2. The molecule has 0 unspecified atom stereocenters. The van der Waals surface area contributed by atoms with Gasteiger partial charge in [0.05, 0.1) is 6.42 Å². The predicted molar refractivity (Wildman–Crippen MR) is 90.5 cm³/mol. The van der Waals surface area contributed by atoms with Crippen molar-refractivity contribution in [1.29, 1.82) is 0 Å². The fourth-order valence-electron chi connectivity index (χ4n) is 3.00. The first-order valence-corrected chi connectivity index (χ1v) is 8.63. The Kier molecular flexibility index (Phi) is 5.61. The van der Waals surface area contributed by atoms with Crippen LogP contribution in [0, 0.1) is 6.92 Å². The van der Waals surface area contributed by atoms with E-state index in [1.54, 1.807) is 13.0 Å². The van der Waals surface area contributed by atoms with Gasteiger partial charge in [-0.1, -0.05) is 17.2 Å². The molecule has 1 aliphatic rings. The molecule has 0 aliphatic carbocycles. The lowest BCUT2D eigenvalue weighted by molar-refractivity contribution is -0.115. The second-order valence-electron chi connectivity index (χ2n) is 6.20. The number of rotatable bonds is 7. The number of amides is 2. The molecular weight excluding hydrogens is 340 g/mol. The highest BCUT2D eigenvalue weighted by molar-refractivity contribution is 5.91. The summed E-state index contributed by atoms with van der Waals surface area (Å²) >= 11 is 0. The van der Waals surface area contributed by atoms with E-state index in [2.05, 4.69) is 37.8 Å². The molecule has 140 valence electrons. The lowest BCUT2D eigenvalue weighted by atomic mass is 10.2. The van der Waals surface area contributed by atoms with Gasteiger partial charge in [-0.05, 0) is 32.9 Å². The summed E-state index contributed by atoms with van der Waals surface area (Å²) in [6, 6.07) is 1.93. The number of carbonyl (C=O) groups excluding carboxylic acids is 2. The van der Waals surface area contributed by atoms with E-state index < -0.39 is 5.91 Å². The largest absolute Gasteiger partial charge is 0.360 e. The van der Waals surface area contributed by atoms with Crippen molar-refractivity contribution < 1.29 is 18.6 Å². The lowest BCUT2D eigenvalue weighted by Crippen LogP contribution is -2.40. The fraction of sp³-hybridized carbons (Fsp3) is 0.562. The van der Waals surface area contributed by atoms with E-state index >= 15 is 0 Å². The Bertz CT molecular complexity index is 770. The molecule has 1 atom stereocenters. The molecule has 10 nitrogen and oxygen atoms in total. The summed E-state index contributed by atoms with van der Waals surface area (Å²) in [6.07, 6.45) is 2.07. The van der Waals surface area contributed by atoms with Gasteiger partial charge in [-0.3, -0.25) is 14.5 Å². The third-order valence-electron chi connectivity index (χ3n) is 4.28. The zero-order valence-corrected chi connectivity index (χ0v) is 14.8. The van der Waals surface area contributed by atoms with E-state index in [1.807, 2.05) is 0 Å². The van der Waals surface area contributed by atoms with Gasteiger partial charge in [0.2, 0.25) is 5.91 Å². The molecule has 1 aliphatic heterocycles. The number of nitrogens with one attached hydrogen (secondary N) is 2. The van der Waals surface area contributed by atoms with E-state index in [-0.39, 0.29) is 24.0 Å². The van der Waals surface area contributed by atoms with Crippen LogP contribution in [0.5, 0.6) is 0 Å². The molecule has 2 N–H and O–H groups in total. The Labute approximate surface area is 150 Å². The molecule has 3 rings (SSSR count). The van der Waals surface area contributed by atoms with E-state index in [0.29, 0.717) is 24.2 Å². The van der Waals surface area contributed by atoms with Crippen molar-refractivity contribution in [1.82, 2.24) is 25.5 Å². The number of nitrogens with zero attached hydrogens (tertiary/aromatic N) is 4. The maximum atomic E-state index is 12.1. The van der Waals surface area contributed by atoms with Gasteiger partial charge >= 0.3 is 11.8 Å². The van der Waals surface area contributed by atoms with Crippen molar-refractivity contribution in [3.05, 3.63) is 23.5 Å². The normalized spacial score (nSPS) is 17.4. The number of aromatic nitrogens is 3. The zero-order valence-electron chi connectivity index (χ0n) is 14.8. The first kappa shape index (κ1) is 18.1. The number of likely N-dealkylation sites (tertiary alicyclic amines) is 1. The molecular formula is C16H22N6O4. The van der Waals surface area contributed by atoms with Crippen LogP contribution in [-0.4, -0.2) is 57.7 Å². The van der Waals surface area contributed by atoms with Gasteiger partial charge < -0.3 is 19.7 Å². The van der Waals surface area contributed by atoms with E-state index in [1.165, 1.54) is 0 Å². The molecule has 2 aromatic heterocycles. The number of anilines is 1. The van der Waals surface area contributed by atoms with Crippen LogP contribution in [0.1, 0.15) is 42.0 Å². The average molecular weight is 362 g/mol. The average Bonchev–Trinajstić information content (AvgIpc) is 3.33.